The lowest BCUT2D eigenvalue weighted by Crippen LogP contribution is -2.19. The van der Waals surface area contributed by atoms with E-state index in [1.54, 1.807) is 18.0 Å². The first-order valence-corrected chi connectivity index (χ1v) is 8.62. The molecule has 0 atom stereocenters. The van der Waals surface area contributed by atoms with Gasteiger partial charge in [0.1, 0.15) is 0 Å². The maximum Gasteiger partial charge on any atom is 0.192 e. The topological polar surface area (TPSA) is 37.8 Å². The molecule has 2 aromatic rings. The van der Waals surface area contributed by atoms with Crippen LogP contribution in [-0.2, 0) is 6.54 Å². The van der Waals surface area contributed by atoms with Crippen LogP contribution in [0.4, 0.5) is 0 Å². The minimum absolute atomic E-state index is 0.647. The highest BCUT2D eigenvalue weighted by molar-refractivity contribution is 9.10. The first kappa shape index (κ1) is 16.5. The lowest BCUT2D eigenvalue weighted by molar-refractivity contribution is 0.550. The summed E-state index contributed by atoms with van der Waals surface area (Å²) in [6, 6.07) is 8.25. The molecule has 3 nitrogen and oxygen atoms in total. The molecule has 21 heavy (non-hydrogen) atoms. The highest BCUT2D eigenvalue weighted by Crippen LogP contribution is 2.30. The Kier molecular flexibility index (Phi) is 6.21. The minimum atomic E-state index is 0.647. The van der Waals surface area contributed by atoms with E-state index in [0.717, 1.165) is 28.4 Å². The van der Waals surface area contributed by atoms with Crippen molar-refractivity contribution in [1.29, 1.82) is 0 Å². The van der Waals surface area contributed by atoms with E-state index >= 15 is 0 Å². The van der Waals surface area contributed by atoms with E-state index in [2.05, 4.69) is 63.3 Å². The van der Waals surface area contributed by atoms with E-state index in [0.29, 0.717) is 5.92 Å². The maximum absolute atomic E-state index is 4.46. The Bertz CT molecular complexity index is 602. The molecule has 2 rings (SSSR count). The predicted octanol–water partition coefficient (Wildman–Crippen LogP) is 4.44. The number of rotatable bonds is 6. The van der Waals surface area contributed by atoms with Crippen molar-refractivity contribution in [3.05, 3.63) is 46.2 Å². The van der Waals surface area contributed by atoms with Crippen molar-refractivity contribution >= 4 is 27.7 Å². The SMILES string of the molecule is Cc1ccnc(Sc2ccc(Br)cc2CNCC(C)C)n1. The molecule has 0 saturated heterocycles. The average molecular weight is 366 g/mol. The molecule has 1 aromatic heterocycles. The summed E-state index contributed by atoms with van der Waals surface area (Å²) in [6.07, 6.45) is 1.81. The van der Waals surface area contributed by atoms with E-state index in [4.69, 9.17) is 0 Å². The van der Waals surface area contributed by atoms with E-state index in [1.165, 1.54) is 10.5 Å². The van der Waals surface area contributed by atoms with Gasteiger partial charge in [0.25, 0.3) is 0 Å². The lowest BCUT2D eigenvalue weighted by atomic mass is 10.2. The summed E-state index contributed by atoms with van der Waals surface area (Å²) < 4.78 is 1.10. The van der Waals surface area contributed by atoms with Crippen molar-refractivity contribution in [1.82, 2.24) is 15.3 Å². The van der Waals surface area contributed by atoms with Gasteiger partial charge >= 0.3 is 0 Å². The van der Waals surface area contributed by atoms with Crippen molar-refractivity contribution in [3.63, 3.8) is 0 Å². The third-order valence-corrected chi connectivity index (χ3v) is 4.36. The van der Waals surface area contributed by atoms with Gasteiger partial charge in [-0.2, -0.15) is 0 Å². The van der Waals surface area contributed by atoms with E-state index in [1.807, 2.05) is 13.0 Å². The summed E-state index contributed by atoms with van der Waals surface area (Å²) in [5.41, 5.74) is 2.25. The Hall–Kier alpha value is -0.910. The zero-order chi connectivity index (χ0) is 15.2. The van der Waals surface area contributed by atoms with Gasteiger partial charge in [-0.05, 0) is 61.0 Å². The van der Waals surface area contributed by atoms with Crippen LogP contribution >= 0.6 is 27.7 Å². The summed E-state index contributed by atoms with van der Waals surface area (Å²) in [5.74, 6) is 0.647. The van der Waals surface area contributed by atoms with Crippen LogP contribution in [0.25, 0.3) is 0 Å². The Morgan fingerprint density at radius 1 is 1.29 bits per heavy atom. The molecule has 112 valence electrons. The molecule has 0 aliphatic rings. The van der Waals surface area contributed by atoms with Crippen molar-refractivity contribution < 1.29 is 0 Å². The number of hydrogen-bond acceptors (Lipinski definition) is 4. The molecule has 0 unspecified atom stereocenters. The molecule has 0 aliphatic carbocycles. The first-order chi connectivity index (χ1) is 10.0. The van der Waals surface area contributed by atoms with Crippen LogP contribution in [0.15, 0.2) is 45.0 Å². The molecule has 0 amide bonds. The molecule has 1 N–H and O–H groups in total. The van der Waals surface area contributed by atoms with Gasteiger partial charge in [-0.3, -0.25) is 0 Å². The fourth-order valence-electron chi connectivity index (χ4n) is 1.85. The predicted molar refractivity (Wildman–Crippen MR) is 91.6 cm³/mol. The van der Waals surface area contributed by atoms with Crippen LogP contribution in [0.5, 0.6) is 0 Å². The lowest BCUT2D eigenvalue weighted by Gasteiger charge is -2.12. The summed E-state index contributed by atoms with van der Waals surface area (Å²) >= 11 is 5.16. The van der Waals surface area contributed by atoms with Gasteiger partial charge in [0.05, 0.1) is 0 Å². The zero-order valence-corrected chi connectivity index (χ0v) is 15.0. The van der Waals surface area contributed by atoms with E-state index < -0.39 is 0 Å². The Balaban J connectivity index is 2.14. The second kappa shape index (κ2) is 7.92. The van der Waals surface area contributed by atoms with Gasteiger partial charge in [-0.25, -0.2) is 9.97 Å². The fraction of sp³-hybridized carbons (Fsp3) is 0.375. The minimum Gasteiger partial charge on any atom is -0.312 e. The third-order valence-electron chi connectivity index (χ3n) is 2.86. The van der Waals surface area contributed by atoms with Crippen molar-refractivity contribution in [2.24, 2.45) is 5.92 Å². The molecule has 5 heteroatoms. The molecular formula is C16H20BrN3S. The quantitative estimate of drug-likeness (QED) is 0.767. The van der Waals surface area contributed by atoms with Gasteiger partial charge in [0.15, 0.2) is 5.16 Å². The average Bonchev–Trinajstić information content (AvgIpc) is 2.41. The molecule has 0 spiro atoms. The first-order valence-electron chi connectivity index (χ1n) is 7.01. The molecule has 0 aliphatic heterocycles. The monoisotopic (exact) mass is 365 g/mol. The van der Waals surface area contributed by atoms with Crippen LogP contribution in [-0.4, -0.2) is 16.5 Å². The summed E-state index contributed by atoms with van der Waals surface area (Å²) in [5, 5.41) is 4.28. The number of benzene rings is 1. The Morgan fingerprint density at radius 3 is 2.81 bits per heavy atom. The zero-order valence-electron chi connectivity index (χ0n) is 12.6. The van der Waals surface area contributed by atoms with Gasteiger partial charge in [0.2, 0.25) is 0 Å². The smallest absolute Gasteiger partial charge is 0.192 e. The number of nitrogens with zero attached hydrogens (tertiary/aromatic N) is 2. The van der Waals surface area contributed by atoms with Crippen LogP contribution in [0.3, 0.4) is 0 Å². The molecule has 0 fully saturated rings. The van der Waals surface area contributed by atoms with Crippen LogP contribution in [0.2, 0.25) is 0 Å². The maximum atomic E-state index is 4.46. The molecule has 1 aromatic carbocycles. The van der Waals surface area contributed by atoms with Crippen LogP contribution in [0, 0.1) is 12.8 Å². The second-order valence-electron chi connectivity index (χ2n) is 5.36. The Labute approximate surface area is 139 Å². The molecule has 0 saturated carbocycles. The fourth-order valence-corrected chi connectivity index (χ4v) is 3.16. The van der Waals surface area contributed by atoms with E-state index in [9.17, 15) is 0 Å². The van der Waals surface area contributed by atoms with Crippen LogP contribution < -0.4 is 5.32 Å². The van der Waals surface area contributed by atoms with Crippen molar-refractivity contribution in [2.45, 2.75) is 37.4 Å². The number of hydrogen-bond donors (Lipinski definition) is 1. The Morgan fingerprint density at radius 2 is 2.10 bits per heavy atom. The highest BCUT2D eigenvalue weighted by atomic mass is 79.9. The van der Waals surface area contributed by atoms with Crippen molar-refractivity contribution in [3.8, 4) is 0 Å². The number of aryl methyl sites for hydroxylation is 1. The highest BCUT2D eigenvalue weighted by Gasteiger charge is 2.08. The number of halogens is 1. The summed E-state index contributed by atoms with van der Waals surface area (Å²) in [6.45, 7) is 8.27. The van der Waals surface area contributed by atoms with E-state index in [-0.39, 0.29) is 0 Å². The van der Waals surface area contributed by atoms with Gasteiger partial charge < -0.3 is 5.32 Å². The summed E-state index contributed by atoms with van der Waals surface area (Å²) in [4.78, 5) is 9.98. The van der Waals surface area contributed by atoms with Gasteiger partial charge in [0, 0.05) is 27.8 Å². The van der Waals surface area contributed by atoms with Crippen LogP contribution in [0.1, 0.15) is 25.1 Å². The van der Waals surface area contributed by atoms with Gasteiger partial charge in [-0.15, -0.1) is 0 Å². The molecule has 0 bridgehead atoms. The number of nitrogens with one attached hydrogen (secondary N) is 1. The van der Waals surface area contributed by atoms with Crippen molar-refractivity contribution in [2.75, 3.05) is 6.54 Å². The summed E-state index contributed by atoms with van der Waals surface area (Å²) in [7, 11) is 0. The second-order valence-corrected chi connectivity index (χ2v) is 7.28. The standard InChI is InChI=1S/C16H20BrN3S/c1-11(2)9-18-10-13-8-14(17)4-5-15(13)21-16-19-7-6-12(3)20-16/h4-8,11,18H,9-10H2,1-3H3. The normalized spacial score (nSPS) is 11.1. The molecular weight excluding hydrogens is 346 g/mol. The molecule has 0 radical (unpaired) electrons. The van der Waals surface area contributed by atoms with Gasteiger partial charge in [-0.1, -0.05) is 29.8 Å². The number of aromatic nitrogens is 2. The molecule has 1 heterocycles. The largest absolute Gasteiger partial charge is 0.312 e. The third kappa shape index (κ3) is 5.41.